The van der Waals surface area contributed by atoms with E-state index in [9.17, 15) is 0 Å². The van der Waals surface area contributed by atoms with Crippen molar-refractivity contribution in [3.8, 4) is 0 Å². The second-order valence-electron chi connectivity index (χ2n) is 3.47. The zero-order valence-corrected chi connectivity index (χ0v) is 7.35. The molecule has 0 aliphatic rings. The van der Waals surface area contributed by atoms with Gasteiger partial charge in [-0.15, -0.1) is 0 Å². The number of nitrogens with two attached hydrogens (primary N) is 1. The molecule has 0 radical (unpaired) electrons. The monoisotopic (exact) mass is 155 g/mol. The summed E-state index contributed by atoms with van der Waals surface area (Å²) in [5.41, 5.74) is 5.76. The molecular formula is C8H17N3. The Kier molecular flexibility index (Phi) is 4.75. The molecule has 0 rings (SSSR count). The summed E-state index contributed by atoms with van der Waals surface area (Å²) < 4.78 is 0. The fourth-order valence-corrected chi connectivity index (χ4v) is 0.795. The molecular weight excluding hydrogens is 138 g/mol. The highest BCUT2D eigenvalue weighted by Crippen LogP contribution is 2.19. The number of rotatable bonds is 5. The minimum Gasteiger partial charge on any atom is -0.330 e. The van der Waals surface area contributed by atoms with Gasteiger partial charge in [0.05, 0.1) is 6.01 Å². The molecule has 0 aromatic heterocycles. The average molecular weight is 155 g/mol. The van der Waals surface area contributed by atoms with Crippen molar-refractivity contribution in [3.63, 3.8) is 0 Å². The van der Waals surface area contributed by atoms with Crippen LogP contribution >= 0.6 is 0 Å². The minimum atomic E-state index is 0.220. The summed E-state index contributed by atoms with van der Waals surface area (Å²) in [5, 5.41) is 6.54. The van der Waals surface area contributed by atoms with Gasteiger partial charge in [0.15, 0.2) is 0 Å². The molecule has 3 nitrogen and oxygen atoms in total. The molecule has 0 atom stereocenters. The third-order valence-electron chi connectivity index (χ3n) is 1.76. The zero-order valence-electron chi connectivity index (χ0n) is 7.35. The smallest absolute Gasteiger partial charge is 0.0861 e. The Balaban J connectivity index is 3.45. The van der Waals surface area contributed by atoms with Crippen molar-refractivity contribution in [2.75, 3.05) is 13.1 Å². The van der Waals surface area contributed by atoms with E-state index in [0.29, 0.717) is 13.1 Å². The quantitative estimate of drug-likeness (QED) is 0.458. The topological polar surface area (TPSA) is 62.2 Å². The van der Waals surface area contributed by atoms with E-state index in [0.717, 1.165) is 12.8 Å². The van der Waals surface area contributed by atoms with Crippen LogP contribution in [0.25, 0.3) is 0 Å². The van der Waals surface area contributed by atoms with E-state index in [2.05, 4.69) is 18.8 Å². The Morgan fingerprint density at radius 3 is 2.64 bits per heavy atom. The predicted octanol–water partition coefficient (Wildman–Crippen LogP) is 1.50. The molecule has 64 valence electrons. The fourth-order valence-electron chi connectivity index (χ4n) is 0.795. The predicted molar refractivity (Wildman–Crippen MR) is 47.1 cm³/mol. The maximum Gasteiger partial charge on any atom is 0.0861 e. The normalized spacial score (nSPS) is 10.8. The Hall–Kier alpha value is -0.660. The Labute approximate surface area is 68.2 Å². The standard InChI is InChI=1S/C8H17N3/c1-8(2,6-9)4-3-5-11-7-10/h10H,3-6,9H2,1-2H3. The van der Waals surface area contributed by atoms with Gasteiger partial charge in [-0.05, 0) is 24.8 Å². The van der Waals surface area contributed by atoms with Gasteiger partial charge in [0.25, 0.3) is 0 Å². The highest BCUT2D eigenvalue weighted by Gasteiger charge is 2.13. The molecule has 0 aliphatic carbocycles. The minimum absolute atomic E-state index is 0.220. The first-order chi connectivity index (χ1) is 5.12. The largest absolute Gasteiger partial charge is 0.330 e. The van der Waals surface area contributed by atoms with Crippen LogP contribution in [0.15, 0.2) is 4.99 Å². The molecule has 0 bridgehead atoms. The second kappa shape index (κ2) is 5.05. The molecule has 0 fully saturated rings. The summed E-state index contributed by atoms with van der Waals surface area (Å²) >= 11 is 0. The van der Waals surface area contributed by atoms with Crippen LogP contribution in [0.3, 0.4) is 0 Å². The first kappa shape index (κ1) is 10.3. The van der Waals surface area contributed by atoms with Crippen molar-refractivity contribution in [2.24, 2.45) is 16.1 Å². The highest BCUT2D eigenvalue weighted by atomic mass is 14.7. The van der Waals surface area contributed by atoms with Crippen LogP contribution in [-0.2, 0) is 0 Å². The van der Waals surface area contributed by atoms with Gasteiger partial charge in [-0.25, -0.2) is 10.4 Å². The van der Waals surface area contributed by atoms with Gasteiger partial charge in [-0.3, -0.25) is 0 Å². The Morgan fingerprint density at radius 2 is 2.18 bits per heavy atom. The van der Waals surface area contributed by atoms with Crippen LogP contribution in [0.4, 0.5) is 0 Å². The van der Waals surface area contributed by atoms with Crippen molar-refractivity contribution in [1.82, 2.24) is 0 Å². The van der Waals surface area contributed by atoms with E-state index < -0.39 is 0 Å². The van der Waals surface area contributed by atoms with Gasteiger partial charge < -0.3 is 5.73 Å². The van der Waals surface area contributed by atoms with Crippen molar-refractivity contribution >= 4 is 6.01 Å². The van der Waals surface area contributed by atoms with E-state index in [-0.39, 0.29) is 5.41 Å². The van der Waals surface area contributed by atoms with E-state index in [1.54, 1.807) is 0 Å². The molecule has 0 heterocycles. The summed E-state index contributed by atoms with van der Waals surface area (Å²) in [6, 6.07) is 2.02. The first-order valence-electron chi connectivity index (χ1n) is 3.91. The Bertz CT molecular complexity index is 145. The summed E-state index contributed by atoms with van der Waals surface area (Å²) in [6.45, 7) is 5.69. The van der Waals surface area contributed by atoms with Crippen molar-refractivity contribution in [1.29, 1.82) is 5.41 Å². The molecule has 11 heavy (non-hydrogen) atoms. The number of hydrogen-bond donors (Lipinski definition) is 2. The second-order valence-corrected chi connectivity index (χ2v) is 3.47. The molecule has 0 saturated heterocycles. The van der Waals surface area contributed by atoms with Gasteiger partial charge in [-0.2, -0.15) is 0 Å². The van der Waals surface area contributed by atoms with Gasteiger partial charge in [0.2, 0.25) is 0 Å². The fraction of sp³-hybridized carbons (Fsp3) is 0.875. The van der Waals surface area contributed by atoms with Crippen LogP contribution in [0.1, 0.15) is 26.7 Å². The third-order valence-corrected chi connectivity index (χ3v) is 1.76. The molecule has 0 aromatic carbocycles. The maximum absolute atomic E-state index is 6.54. The molecule has 0 aliphatic heterocycles. The zero-order chi connectivity index (χ0) is 8.74. The van der Waals surface area contributed by atoms with E-state index in [4.69, 9.17) is 11.1 Å². The number of aliphatic imine (C=N–C) groups is 1. The van der Waals surface area contributed by atoms with Crippen molar-refractivity contribution in [3.05, 3.63) is 0 Å². The SMILES string of the molecule is CC(C)(CN)CCCN=C=N. The molecule has 3 N–H and O–H groups in total. The molecule has 0 amide bonds. The summed E-state index contributed by atoms with van der Waals surface area (Å²) in [6.07, 6.45) is 2.06. The number of nitrogens with one attached hydrogen (secondary N) is 1. The maximum atomic E-state index is 6.54. The van der Waals surface area contributed by atoms with E-state index in [1.807, 2.05) is 6.01 Å². The lowest BCUT2D eigenvalue weighted by atomic mass is 9.88. The molecule has 0 aromatic rings. The lowest BCUT2D eigenvalue weighted by Gasteiger charge is -2.21. The lowest BCUT2D eigenvalue weighted by Crippen LogP contribution is -2.23. The van der Waals surface area contributed by atoms with Crippen LogP contribution in [0.2, 0.25) is 0 Å². The summed E-state index contributed by atoms with van der Waals surface area (Å²) in [5.74, 6) is 0. The molecule has 0 unspecified atom stereocenters. The van der Waals surface area contributed by atoms with Gasteiger partial charge in [0.1, 0.15) is 0 Å². The van der Waals surface area contributed by atoms with Crippen LogP contribution in [0, 0.1) is 10.8 Å². The van der Waals surface area contributed by atoms with Crippen LogP contribution < -0.4 is 5.73 Å². The lowest BCUT2D eigenvalue weighted by molar-refractivity contribution is 0.340. The molecule has 0 saturated carbocycles. The van der Waals surface area contributed by atoms with E-state index in [1.165, 1.54) is 0 Å². The van der Waals surface area contributed by atoms with Crippen molar-refractivity contribution in [2.45, 2.75) is 26.7 Å². The van der Waals surface area contributed by atoms with Crippen LogP contribution in [-0.4, -0.2) is 19.1 Å². The van der Waals surface area contributed by atoms with Crippen molar-refractivity contribution < 1.29 is 0 Å². The third kappa shape index (κ3) is 5.77. The summed E-state index contributed by atoms with van der Waals surface area (Å²) in [4.78, 5) is 3.69. The van der Waals surface area contributed by atoms with E-state index >= 15 is 0 Å². The van der Waals surface area contributed by atoms with Gasteiger partial charge >= 0.3 is 0 Å². The summed E-state index contributed by atoms with van der Waals surface area (Å²) in [7, 11) is 0. The molecule has 0 spiro atoms. The average Bonchev–Trinajstić information content (AvgIpc) is 1.99. The highest BCUT2D eigenvalue weighted by molar-refractivity contribution is 5.35. The Morgan fingerprint density at radius 1 is 1.55 bits per heavy atom. The number of nitrogens with zero attached hydrogens (tertiary/aromatic N) is 1. The van der Waals surface area contributed by atoms with Gasteiger partial charge in [0, 0.05) is 6.54 Å². The van der Waals surface area contributed by atoms with Gasteiger partial charge in [-0.1, -0.05) is 13.8 Å². The number of hydrogen-bond acceptors (Lipinski definition) is 3. The van der Waals surface area contributed by atoms with Crippen LogP contribution in [0.5, 0.6) is 0 Å². The first-order valence-corrected chi connectivity index (χ1v) is 3.91. The molecule has 3 heteroatoms.